The quantitative estimate of drug-likeness (QED) is 0.248. The lowest BCUT2D eigenvalue weighted by Crippen LogP contribution is -2.37. The molecule has 3 N–H and O–H groups in total. The number of hydrogen-bond acceptors (Lipinski definition) is 8. The van der Waals surface area contributed by atoms with Crippen LogP contribution in [-0.4, -0.2) is 52.9 Å². The SMILES string of the molecule is O=C(c1cccs1)N1CCCN(C(=O)c2cccc(Nc3c(NCc4ccccc4)c(=O)c3=O)c2O)CC1. The van der Waals surface area contributed by atoms with Crippen LogP contribution in [0.4, 0.5) is 17.1 Å². The Hall–Kier alpha value is -4.44. The van der Waals surface area contributed by atoms with Crippen LogP contribution in [0.2, 0.25) is 0 Å². The Morgan fingerprint density at radius 2 is 1.53 bits per heavy atom. The maximum absolute atomic E-state index is 13.3. The van der Waals surface area contributed by atoms with Crippen LogP contribution in [0.1, 0.15) is 32.0 Å². The summed E-state index contributed by atoms with van der Waals surface area (Å²) in [6.45, 7) is 2.05. The molecule has 0 spiro atoms. The Morgan fingerprint density at radius 3 is 2.24 bits per heavy atom. The molecule has 194 valence electrons. The minimum atomic E-state index is -0.695. The predicted molar refractivity (Wildman–Crippen MR) is 147 cm³/mol. The van der Waals surface area contributed by atoms with E-state index in [2.05, 4.69) is 10.6 Å². The second-order valence-electron chi connectivity index (χ2n) is 8.99. The number of anilines is 3. The Kier molecular flexibility index (Phi) is 7.23. The zero-order valence-electron chi connectivity index (χ0n) is 20.5. The molecule has 10 heteroatoms. The van der Waals surface area contributed by atoms with Gasteiger partial charge in [-0.3, -0.25) is 19.2 Å². The van der Waals surface area contributed by atoms with Crippen LogP contribution in [-0.2, 0) is 6.54 Å². The van der Waals surface area contributed by atoms with E-state index in [0.717, 1.165) is 5.56 Å². The normalized spacial score (nSPS) is 13.8. The van der Waals surface area contributed by atoms with Gasteiger partial charge in [0.05, 0.1) is 16.1 Å². The summed E-state index contributed by atoms with van der Waals surface area (Å²) in [7, 11) is 0. The van der Waals surface area contributed by atoms with E-state index in [1.807, 2.05) is 41.8 Å². The molecule has 4 aromatic rings. The van der Waals surface area contributed by atoms with Crippen molar-refractivity contribution in [2.24, 2.45) is 0 Å². The van der Waals surface area contributed by atoms with Crippen molar-refractivity contribution in [3.63, 3.8) is 0 Å². The number of nitrogens with zero attached hydrogens (tertiary/aromatic N) is 2. The molecule has 1 fully saturated rings. The van der Waals surface area contributed by atoms with Gasteiger partial charge in [0.25, 0.3) is 22.7 Å². The second-order valence-corrected chi connectivity index (χ2v) is 9.94. The Balaban J connectivity index is 1.28. The molecule has 0 aliphatic carbocycles. The fraction of sp³-hybridized carbons (Fsp3) is 0.214. The number of carbonyl (C=O) groups is 2. The first-order chi connectivity index (χ1) is 18.4. The maximum Gasteiger partial charge on any atom is 0.263 e. The smallest absolute Gasteiger partial charge is 0.263 e. The van der Waals surface area contributed by atoms with Crippen LogP contribution in [0.3, 0.4) is 0 Å². The highest BCUT2D eigenvalue weighted by Crippen LogP contribution is 2.32. The number of amides is 2. The van der Waals surface area contributed by atoms with Crippen molar-refractivity contribution in [3.8, 4) is 5.75 Å². The Labute approximate surface area is 222 Å². The number of para-hydroxylation sites is 1. The third kappa shape index (κ3) is 5.03. The predicted octanol–water partition coefficient (Wildman–Crippen LogP) is 3.39. The number of aromatic hydroxyl groups is 1. The first kappa shape index (κ1) is 25.2. The number of thiophene rings is 1. The molecule has 2 heterocycles. The average Bonchev–Trinajstić information content (AvgIpc) is 3.37. The molecule has 1 saturated heterocycles. The van der Waals surface area contributed by atoms with Crippen molar-refractivity contribution in [1.29, 1.82) is 0 Å². The fourth-order valence-corrected chi connectivity index (χ4v) is 5.16. The largest absolute Gasteiger partial charge is 0.505 e. The molecular formula is C28H26N4O5S. The van der Waals surface area contributed by atoms with Gasteiger partial charge >= 0.3 is 0 Å². The van der Waals surface area contributed by atoms with Crippen molar-refractivity contribution < 1.29 is 14.7 Å². The van der Waals surface area contributed by atoms with Crippen molar-refractivity contribution in [3.05, 3.63) is 102 Å². The summed E-state index contributed by atoms with van der Waals surface area (Å²) in [5.74, 6) is -0.729. The third-order valence-electron chi connectivity index (χ3n) is 6.55. The first-order valence-electron chi connectivity index (χ1n) is 12.3. The van der Waals surface area contributed by atoms with E-state index in [9.17, 15) is 24.3 Å². The number of carbonyl (C=O) groups excluding carboxylic acids is 2. The average molecular weight is 531 g/mol. The standard InChI is InChI=1S/C28H26N4O5S/c33-24-19(27(36)31-12-6-13-32(15-14-31)28(37)21-11-5-16-38-21)9-4-10-20(24)30-23-22(25(34)26(23)35)29-17-18-7-2-1-3-8-18/h1-5,7-11,16,29-30,33H,6,12-15,17H2. The third-order valence-corrected chi connectivity index (χ3v) is 7.41. The number of hydrogen-bond donors (Lipinski definition) is 3. The number of phenolic OH excluding ortho intramolecular Hbond substituents is 1. The van der Waals surface area contributed by atoms with E-state index in [-0.39, 0.29) is 40.2 Å². The molecule has 38 heavy (non-hydrogen) atoms. The lowest BCUT2D eigenvalue weighted by molar-refractivity contribution is 0.0719. The summed E-state index contributed by atoms with van der Waals surface area (Å²) < 4.78 is 0. The molecule has 2 amide bonds. The van der Waals surface area contributed by atoms with Gasteiger partial charge in [-0.1, -0.05) is 42.5 Å². The molecule has 3 aromatic carbocycles. The van der Waals surface area contributed by atoms with Gasteiger partial charge in [-0.25, -0.2) is 0 Å². The second kappa shape index (κ2) is 10.9. The summed E-state index contributed by atoms with van der Waals surface area (Å²) in [5.41, 5.74) is 0.0121. The molecule has 0 unspecified atom stereocenters. The topological polar surface area (TPSA) is 119 Å². The first-order valence-corrected chi connectivity index (χ1v) is 13.1. The molecule has 5 rings (SSSR count). The number of benzene rings is 2. The van der Waals surface area contributed by atoms with Crippen LogP contribution < -0.4 is 21.5 Å². The molecule has 1 aromatic heterocycles. The van der Waals surface area contributed by atoms with Gasteiger partial charge in [0.1, 0.15) is 11.4 Å². The van der Waals surface area contributed by atoms with E-state index in [1.165, 1.54) is 23.5 Å². The van der Waals surface area contributed by atoms with Crippen molar-refractivity contribution in [1.82, 2.24) is 9.80 Å². The van der Waals surface area contributed by atoms with Gasteiger partial charge in [-0.15, -0.1) is 11.3 Å². The van der Waals surface area contributed by atoms with E-state index >= 15 is 0 Å². The van der Waals surface area contributed by atoms with Crippen molar-refractivity contribution in [2.45, 2.75) is 13.0 Å². The molecule has 0 radical (unpaired) electrons. The molecule has 1 aliphatic heterocycles. The molecular weight excluding hydrogens is 504 g/mol. The number of phenols is 1. The van der Waals surface area contributed by atoms with Crippen LogP contribution >= 0.6 is 11.3 Å². The van der Waals surface area contributed by atoms with Gasteiger partial charge < -0.3 is 25.5 Å². The highest BCUT2D eigenvalue weighted by Gasteiger charge is 2.27. The van der Waals surface area contributed by atoms with E-state index in [1.54, 1.807) is 21.9 Å². The lowest BCUT2D eigenvalue weighted by atomic mass is 10.1. The number of nitrogens with one attached hydrogen (secondary N) is 2. The van der Waals surface area contributed by atoms with Crippen LogP contribution in [0.15, 0.2) is 75.6 Å². The summed E-state index contributed by atoms with van der Waals surface area (Å²) in [5, 5.41) is 18.6. The van der Waals surface area contributed by atoms with E-state index < -0.39 is 10.9 Å². The zero-order chi connectivity index (χ0) is 26.6. The highest BCUT2D eigenvalue weighted by molar-refractivity contribution is 7.12. The molecule has 1 aliphatic rings. The van der Waals surface area contributed by atoms with E-state index in [4.69, 9.17) is 0 Å². The summed E-state index contributed by atoms with van der Waals surface area (Å²) in [6, 6.07) is 17.7. The summed E-state index contributed by atoms with van der Waals surface area (Å²) in [4.78, 5) is 54.5. The molecule has 0 saturated carbocycles. The van der Waals surface area contributed by atoms with Gasteiger partial charge in [-0.05, 0) is 35.6 Å². The van der Waals surface area contributed by atoms with Crippen molar-refractivity contribution in [2.75, 3.05) is 36.8 Å². The Morgan fingerprint density at radius 1 is 0.816 bits per heavy atom. The number of rotatable bonds is 7. The zero-order valence-corrected chi connectivity index (χ0v) is 21.3. The molecule has 9 nitrogen and oxygen atoms in total. The minimum absolute atomic E-state index is 0.0448. The monoisotopic (exact) mass is 530 g/mol. The fourth-order valence-electron chi connectivity index (χ4n) is 4.47. The lowest BCUT2D eigenvalue weighted by Gasteiger charge is -2.23. The Bertz CT molecular complexity index is 1530. The van der Waals surface area contributed by atoms with Crippen LogP contribution in [0, 0.1) is 0 Å². The van der Waals surface area contributed by atoms with Gasteiger partial charge in [0, 0.05) is 32.7 Å². The minimum Gasteiger partial charge on any atom is -0.505 e. The van der Waals surface area contributed by atoms with Gasteiger partial charge in [0.15, 0.2) is 5.75 Å². The molecule has 0 bridgehead atoms. The summed E-state index contributed by atoms with van der Waals surface area (Å²) in [6.07, 6.45) is 0.613. The molecule has 0 atom stereocenters. The van der Waals surface area contributed by atoms with Crippen LogP contribution in [0.5, 0.6) is 5.75 Å². The highest BCUT2D eigenvalue weighted by atomic mass is 32.1. The van der Waals surface area contributed by atoms with E-state index in [0.29, 0.717) is 44.0 Å². The van der Waals surface area contributed by atoms with Gasteiger partial charge in [0.2, 0.25) is 0 Å². The summed E-state index contributed by atoms with van der Waals surface area (Å²) >= 11 is 1.39. The maximum atomic E-state index is 13.3. The van der Waals surface area contributed by atoms with Crippen LogP contribution in [0.25, 0.3) is 0 Å². The van der Waals surface area contributed by atoms with Gasteiger partial charge in [-0.2, -0.15) is 0 Å². The van der Waals surface area contributed by atoms with Crippen molar-refractivity contribution >= 4 is 40.2 Å².